The highest BCUT2D eigenvalue weighted by molar-refractivity contribution is 14.1. The summed E-state index contributed by atoms with van der Waals surface area (Å²) in [6, 6.07) is 0. The van der Waals surface area contributed by atoms with Crippen LogP contribution in [0.3, 0.4) is 0 Å². The van der Waals surface area contributed by atoms with Crippen molar-refractivity contribution in [3.05, 3.63) is 0 Å². The fraction of sp³-hybridized carbons (Fsp3) is 1.00. The molecule has 0 N–H and O–H groups in total. The minimum atomic E-state index is -6.68. The van der Waals surface area contributed by atoms with Crippen LogP contribution in [0, 0.1) is 5.92 Å². The van der Waals surface area contributed by atoms with Gasteiger partial charge in [-0.1, -0.05) is 48.3 Å². The molecule has 15 heteroatoms. The SMILES string of the molecule is FC(F)(F)C(F)(CC(CCCCCCI)CC(F)(C(F)(F)F)C(F)(F)F)C(F)(F)F. The Bertz CT molecular complexity index is 447. The van der Waals surface area contributed by atoms with Gasteiger partial charge in [0.15, 0.2) is 0 Å². The standard InChI is InChI=1S/C15H17F14I/c16-10(12(18,19)20,13(21,22)23)7-9(5-3-1-2-4-6-30)8-11(17,14(24,25)26)15(27,28)29/h9H,1-8H2. The minimum Gasteiger partial charge on any atom is -0.224 e. The molecule has 0 aliphatic heterocycles. The molecule has 0 amide bonds. The van der Waals surface area contributed by atoms with E-state index in [4.69, 9.17) is 0 Å². The van der Waals surface area contributed by atoms with Gasteiger partial charge in [0.05, 0.1) is 0 Å². The molecule has 0 rings (SSSR count). The first-order valence-corrected chi connectivity index (χ1v) is 9.87. The predicted octanol–water partition coefficient (Wildman–Crippen LogP) is 8.43. The van der Waals surface area contributed by atoms with Crippen molar-refractivity contribution < 1.29 is 61.5 Å². The van der Waals surface area contributed by atoms with Crippen molar-refractivity contribution in [1.82, 2.24) is 0 Å². The van der Waals surface area contributed by atoms with Gasteiger partial charge in [-0.15, -0.1) is 0 Å². The van der Waals surface area contributed by atoms with Gasteiger partial charge >= 0.3 is 24.7 Å². The maximum atomic E-state index is 13.9. The Morgan fingerprint density at radius 2 is 0.767 bits per heavy atom. The smallest absolute Gasteiger partial charge is 0.224 e. The van der Waals surface area contributed by atoms with Gasteiger partial charge in [-0.05, 0) is 16.8 Å². The second-order valence-electron chi connectivity index (χ2n) is 6.76. The molecule has 0 saturated heterocycles. The summed E-state index contributed by atoms with van der Waals surface area (Å²) in [5, 5.41) is 0. The molecule has 0 nitrogen and oxygen atoms in total. The summed E-state index contributed by atoms with van der Waals surface area (Å²) in [5.41, 5.74) is -12.2. The molecule has 0 unspecified atom stereocenters. The molecule has 0 spiro atoms. The van der Waals surface area contributed by atoms with E-state index in [-0.39, 0.29) is 6.42 Å². The average molecular weight is 590 g/mol. The molecule has 0 aliphatic rings. The first kappa shape index (κ1) is 29.8. The highest BCUT2D eigenvalue weighted by Gasteiger charge is 2.75. The molecule has 0 radical (unpaired) electrons. The normalized spacial score (nSPS) is 15.2. The van der Waals surface area contributed by atoms with Crippen molar-refractivity contribution >= 4 is 22.6 Å². The molecule has 0 aromatic heterocycles. The molecule has 0 aromatic rings. The maximum absolute atomic E-state index is 13.9. The van der Waals surface area contributed by atoms with E-state index in [9.17, 15) is 61.5 Å². The van der Waals surface area contributed by atoms with Gasteiger partial charge in [0.2, 0.25) is 0 Å². The van der Waals surface area contributed by atoms with Crippen molar-refractivity contribution in [2.24, 2.45) is 5.92 Å². The second kappa shape index (κ2) is 10.1. The Hall–Kier alpha value is -0.250. The van der Waals surface area contributed by atoms with E-state index in [0.717, 1.165) is 0 Å². The van der Waals surface area contributed by atoms with Crippen molar-refractivity contribution in [2.45, 2.75) is 81.0 Å². The number of hydrogen-bond donors (Lipinski definition) is 0. The highest BCUT2D eigenvalue weighted by atomic mass is 127. The third kappa shape index (κ3) is 7.14. The van der Waals surface area contributed by atoms with Crippen molar-refractivity contribution in [2.75, 3.05) is 4.43 Å². The molecule has 0 fully saturated rings. The minimum absolute atomic E-state index is 0.0359. The van der Waals surface area contributed by atoms with Crippen LogP contribution in [0.15, 0.2) is 0 Å². The summed E-state index contributed by atoms with van der Waals surface area (Å²) >= 11 is 1.92. The zero-order chi connectivity index (χ0) is 24.2. The Balaban J connectivity index is 5.98. The van der Waals surface area contributed by atoms with Crippen LogP contribution in [0.5, 0.6) is 0 Å². The predicted molar refractivity (Wildman–Crippen MR) is 86.6 cm³/mol. The largest absolute Gasteiger partial charge is 0.431 e. The monoisotopic (exact) mass is 590 g/mol. The molecule has 0 aromatic carbocycles. The topological polar surface area (TPSA) is 0 Å². The first-order valence-electron chi connectivity index (χ1n) is 8.34. The number of hydrogen-bond acceptors (Lipinski definition) is 0. The molecular weight excluding hydrogens is 573 g/mol. The van der Waals surface area contributed by atoms with Gasteiger partial charge in [0.1, 0.15) is 0 Å². The Morgan fingerprint density at radius 1 is 0.467 bits per heavy atom. The first-order chi connectivity index (χ1) is 13.1. The number of halogens is 15. The zero-order valence-corrected chi connectivity index (χ0v) is 17.1. The molecule has 0 bridgehead atoms. The van der Waals surface area contributed by atoms with Crippen molar-refractivity contribution in [1.29, 1.82) is 0 Å². The summed E-state index contributed by atoms with van der Waals surface area (Å²) in [5.74, 6) is -2.84. The van der Waals surface area contributed by atoms with E-state index < -0.39 is 67.6 Å². The van der Waals surface area contributed by atoms with Gasteiger partial charge in [-0.2, -0.15) is 52.7 Å². The van der Waals surface area contributed by atoms with Crippen LogP contribution in [-0.2, 0) is 0 Å². The van der Waals surface area contributed by atoms with E-state index >= 15 is 0 Å². The van der Waals surface area contributed by atoms with Gasteiger partial charge in [-0.25, -0.2) is 8.78 Å². The lowest BCUT2D eigenvalue weighted by Crippen LogP contribution is -2.57. The summed E-state index contributed by atoms with van der Waals surface area (Å²) in [4.78, 5) is 0. The fourth-order valence-corrected chi connectivity index (χ4v) is 3.28. The second-order valence-corrected chi connectivity index (χ2v) is 7.84. The number of unbranched alkanes of at least 4 members (excludes halogenated alkanes) is 3. The van der Waals surface area contributed by atoms with Crippen LogP contribution >= 0.6 is 22.6 Å². The lowest BCUT2D eigenvalue weighted by Gasteiger charge is -2.37. The lowest BCUT2D eigenvalue weighted by atomic mass is 9.80. The molecule has 30 heavy (non-hydrogen) atoms. The van der Waals surface area contributed by atoms with Crippen molar-refractivity contribution in [3.63, 3.8) is 0 Å². The van der Waals surface area contributed by atoms with E-state index in [2.05, 4.69) is 0 Å². The maximum Gasteiger partial charge on any atom is 0.431 e. The Kier molecular flexibility index (Phi) is 10.0. The van der Waals surface area contributed by atoms with Gasteiger partial charge < -0.3 is 0 Å². The van der Waals surface area contributed by atoms with Gasteiger partial charge in [0.25, 0.3) is 11.3 Å². The van der Waals surface area contributed by atoms with Crippen LogP contribution in [0.1, 0.15) is 44.9 Å². The highest BCUT2D eigenvalue weighted by Crippen LogP contribution is 2.55. The van der Waals surface area contributed by atoms with E-state index in [1.54, 1.807) is 0 Å². The average Bonchev–Trinajstić information content (AvgIpc) is 2.49. The Labute approximate surface area is 175 Å². The van der Waals surface area contributed by atoms with E-state index in [1.807, 2.05) is 22.6 Å². The molecule has 0 saturated carbocycles. The van der Waals surface area contributed by atoms with E-state index in [0.29, 0.717) is 17.3 Å². The van der Waals surface area contributed by atoms with Crippen LogP contribution in [0.25, 0.3) is 0 Å². The van der Waals surface area contributed by atoms with Gasteiger partial charge in [-0.3, -0.25) is 0 Å². The van der Waals surface area contributed by atoms with Crippen LogP contribution < -0.4 is 0 Å². The molecule has 0 atom stereocenters. The van der Waals surface area contributed by atoms with Crippen molar-refractivity contribution in [3.8, 4) is 0 Å². The summed E-state index contributed by atoms with van der Waals surface area (Å²) < 4.78 is 181. The third-order valence-electron chi connectivity index (χ3n) is 4.43. The molecule has 182 valence electrons. The Morgan fingerprint density at radius 3 is 1.03 bits per heavy atom. The zero-order valence-electron chi connectivity index (χ0n) is 14.9. The number of alkyl halides is 15. The van der Waals surface area contributed by atoms with Crippen LogP contribution in [0.4, 0.5) is 61.5 Å². The van der Waals surface area contributed by atoms with Crippen LogP contribution in [0.2, 0.25) is 0 Å². The quantitative estimate of drug-likeness (QED) is 0.104. The summed E-state index contributed by atoms with van der Waals surface area (Å²) in [6.07, 6.45) is -33.0. The van der Waals surface area contributed by atoms with Crippen LogP contribution in [-0.4, -0.2) is 40.5 Å². The lowest BCUT2D eigenvalue weighted by molar-refractivity contribution is -0.356. The molecule has 0 heterocycles. The number of rotatable bonds is 10. The fourth-order valence-electron chi connectivity index (χ4n) is 2.74. The molecule has 0 aliphatic carbocycles. The molecular formula is C15H17F14I. The van der Waals surface area contributed by atoms with Gasteiger partial charge in [0, 0.05) is 12.8 Å². The summed E-state index contributed by atoms with van der Waals surface area (Å²) in [7, 11) is 0. The summed E-state index contributed by atoms with van der Waals surface area (Å²) in [6.45, 7) is 0. The third-order valence-corrected chi connectivity index (χ3v) is 5.20. The van der Waals surface area contributed by atoms with E-state index in [1.165, 1.54) is 0 Å².